The lowest BCUT2D eigenvalue weighted by Crippen LogP contribution is -2.18. The highest BCUT2D eigenvalue weighted by atomic mass is 79.9. The molecule has 1 atom stereocenters. The van der Waals surface area contributed by atoms with Gasteiger partial charge in [0.2, 0.25) is 0 Å². The molecule has 0 fully saturated rings. The van der Waals surface area contributed by atoms with Crippen LogP contribution >= 0.6 is 27.3 Å². The van der Waals surface area contributed by atoms with Gasteiger partial charge in [-0.15, -0.1) is 0 Å². The second kappa shape index (κ2) is 6.27. The fourth-order valence-corrected chi connectivity index (χ4v) is 2.94. The first-order valence-electron chi connectivity index (χ1n) is 5.76. The average molecular weight is 341 g/mol. The molecule has 0 saturated heterocycles. The third kappa shape index (κ3) is 3.62. The summed E-state index contributed by atoms with van der Waals surface area (Å²) < 4.78 is 0.845. The van der Waals surface area contributed by atoms with Gasteiger partial charge in [0.1, 0.15) is 0 Å². The number of hydrogen-bond donors (Lipinski definition) is 1. The number of halogens is 1. The third-order valence-electron chi connectivity index (χ3n) is 2.88. The lowest BCUT2D eigenvalue weighted by Gasteiger charge is -2.12. The maximum absolute atomic E-state index is 11.0. The first kappa shape index (κ1) is 14.2. The molecule has 2 rings (SSSR count). The minimum absolute atomic E-state index is 0.146. The SMILES string of the molecule is CC(NCc1cc(Br)ccc1[N+](=O)[O-])c1ccsc1. The number of nitro groups is 1. The van der Waals surface area contributed by atoms with Crippen molar-refractivity contribution in [1.29, 1.82) is 0 Å². The van der Waals surface area contributed by atoms with Crippen LogP contribution in [0.25, 0.3) is 0 Å². The molecular formula is C13H13BrN2O2S. The number of nitro benzene ring substituents is 1. The van der Waals surface area contributed by atoms with E-state index < -0.39 is 0 Å². The topological polar surface area (TPSA) is 55.2 Å². The molecule has 1 aromatic heterocycles. The van der Waals surface area contributed by atoms with Crippen molar-refractivity contribution >= 4 is 33.0 Å². The molecular weight excluding hydrogens is 328 g/mol. The van der Waals surface area contributed by atoms with E-state index in [1.807, 2.05) is 12.3 Å². The molecule has 0 amide bonds. The number of benzene rings is 1. The predicted octanol–water partition coefficient (Wildman–Crippen LogP) is 4.27. The van der Waals surface area contributed by atoms with Gasteiger partial charge in [-0.25, -0.2) is 0 Å². The minimum atomic E-state index is -0.349. The lowest BCUT2D eigenvalue weighted by molar-refractivity contribution is -0.385. The van der Waals surface area contributed by atoms with Crippen LogP contribution in [0.5, 0.6) is 0 Å². The Morgan fingerprint density at radius 1 is 1.47 bits per heavy atom. The van der Waals surface area contributed by atoms with Gasteiger partial charge in [-0.05, 0) is 41.4 Å². The fraction of sp³-hybridized carbons (Fsp3) is 0.231. The molecule has 0 aliphatic carbocycles. The summed E-state index contributed by atoms with van der Waals surface area (Å²) in [6.45, 7) is 2.51. The number of nitrogens with one attached hydrogen (secondary N) is 1. The summed E-state index contributed by atoms with van der Waals surface area (Å²) in [6.07, 6.45) is 0. The highest BCUT2D eigenvalue weighted by Gasteiger charge is 2.14. The van der Waals surface area contributed by atoms with Crippen LogP contribution in [-0.4, -0.2) is 4.92 Å². The van der Waals surface area contributed by atoms with Gasteiger partial charge < -0.3 is 5.32 Å². The zero-order valence-electron chi connectivity index (χ0n) is 10.3. The molecule has 0 spiro atoms. The van der Waals surface area contributed by atoms with Crippen LogP contribution < -0.4 is 5.32 Å². The summed E-state index contributed by atoms with van der Waals surface area (Å²) in [5.41, 5.74) is 2.03. The van der Waals surface area contributed by atoms with Gasteiger partial charge in [-0.1, -0.05) is 15.9 Å². The Labute approximate surface area is 123 Å². The van der Waals surface area contributed by atoms with E-state index in [1.165, 1.54) is 11.6 Å². The van der Waals surface area contributed by atoms with Crippen LogP contribution in [0.3, 0.4) is 0 Å². The maximum atomic E-state index is 11.0. The van der Waals surface area contributed by atoms with E-state index in [0.717, 1.165) is 4.47 Å². The molecule has 0 aliphatic rings. The van der Waals surface area contributed by atoms with E-state index in [0.29, 0.717) is 12.1 Å². The number of thiophene rings is 1. The van der Waals surface area contributed by atoms with E-state index >= 15 is 0 Å². The highest BCUT2D eigenvalue weighted by molar-refractivity contribution is 9.10. The fourth-order valence-electron chi connectivity index (χ4n) is 1.78. The van der Waals surface area contributed by atoms with E-state index in [2.05, 4.69) is 32.7 Å². The van der Waals surface area contributed by atoms with Crippen molar-refractivity contribution < 1.29 is 4.92 Å². The van der Waals surface area contributed by atoms with Crippen molar-refractivity contribution in [2.24, 2.45) is 0 Å². The van der Waals surface area contributed by atoms with E-state index in [9.17, 15) is 10.1 Å². The van der Waals surface area contributed by atoms with Crippen LogP contribution in [0.1, 0.15) is 24.1 Å². The molecule has 4 nitrogen and oxygen atoms in total. The molecule has 100 valence electrons. The Morgan fingerprint density at radius 2 is 2.26 bits per heavy atom. The van der Waals surface area contributed by atoms with Crippen LogP contribution in [0.15, 0.2) is 39.5 Å². The number of hydrogen-bond acceptors (Lipinski definition) is 4. The van der Waals surface area contributed by atoms with Crippen LogP contribution in [0.4, 0.5) is 5.69 Å². The summed E-state index contributed by atoms with van der Waals surface area (Å²) in [5, 5.41) is 18.4. The molecule has 1 heterocycles. The summed E-state index contributed by atoms with van der Waals surface area (Å²) in [5.74, 6) is 0. The molecule has 19 heavy (non-hydrogen) atoms. The Kier molecular flexibility index (Phi) is 4.68. The van der Waals surface area contributed by atoms with Gasteiger partial charge in [0, 0.05) is 28.7 Å². The Morgan fingerprint density at radius 3 is 2.89 bits per heavy atom. The first-order valence-corrected chi connectivity index (χ1v) is 7.50. The highest BCUT2D eigenvalue weighted by Crippen LogP contribution is 2.24. The molecule has 0 saturated carbocycles. The van der Waals surface area contributed by atoms with Gasteiger partial charge >= 0.3 is 0 Å². The lowest BCUT2D eigenvalue weighted by atomic mass is 10.1. The van der Waals surface area contributed by atoms with Crippen molar-refractivity contribution in [1.82, 2.24) is 5.32 Å². The zero-order valence-corrected chi connectivity index (χ0v) is 12.7. The Balaban J connectivity index is 2.10. The normalized spacial score (nSPS) is 12.3. The van der Waals surface area contributed by atoms with Crippen molar-refractivity contribution in [2.45, 2.75) is 19.5 Å². The summed E-state index contributed by atoms with van der Waals surface area (Å²) in [4.78, 5) is 10.6. The molecule has 2 aromatic rings. The first-order chi connectivity index (χ1) is 9.08. The molecule has 0 bridgehead atoms. The molecule has 0 aliphatic heterocycles. The van der Waals surface area contributed by atoms with Crippen molar-refractivity contribution in [2.75, 3.05) is 0 Å². The second-order valence-corrected chi connectivity index (χ2v) is 5.89. The Bertz CT molecular complexity index is 572. The Hall–Kier alpha value is -1.24. The molecule has 0 radical (unpaired) electrons. The zero-order chi connectivity index (χ0) is 13.8. The van der Waals surface area contributed by atoms with Crippen molar-refractivity contribution in [3.05, 3.63) is 60.7 Å². The predicted molar refractivity (Wildman–Crippen MR) is 80.4 cm³/mol. The smallest absolute Gasteiger partial charge is 0.273 e. The summed E-state index contributed by atoms with van der Waals surface area (Å²) in [6, 6.07) is 7.22. The van der Waals surface area contributed by atoms with Crippen LogP contribution in [0, 0.1) is 10.1 Å². The van der Waals surface area contributed by atoms with Gasteiger partial charge in [-0.3, -0.25) is 10.1 Å². The average Bonchev–Trinajstić information content (AvgIpc) is 2.89. The maximum Gasteiger partial charge on any atom is 0.273 e. The van der Waals surface area contributed by atoms with Gasteiger partial charge in [-0.2, -0.15) is 11.3 Å². The van der Waals surface area contributed by atoms with E-state index in [4.69, 9.17) is 0 Å². The van der Waals surface area contributed by atoms with Gasteiger partial charge in [0.05, 0.1) is 4.92 Å². The second-order valence-electron chi connectivity index (χ2n) is 4.19. The van der Waals surface area contributed by atoms with E-state index in [1.54, 1.807) is 23.5 Å². The van der Waals surface area contributed by atoms with Gasteiger partial charge in [0.15, 0.2) is 0 Å². The van der Waals surface area contributed by atoms with Crippen molar-refractivity contribution in [3.8, 4) is 0 Å². The van der Waals surface area contributed by atoms with Crippen molar-refractivity contribution in [3.63, 3.8) is 0 Å². The van der Waals surface area contributed by atoms with Crippen LogP contribution in [0.2, 0.25) is 0 Å². The largest absolute Gasteiger partial charge is 0.306 e. The standard InChI is InChI=1S/C13H13BrN2O2S/c1-9(10-4-5-19-8-10)15-7-11-6-12(14)2-3-13(11)16(17)18/h2-6,8-9,15H,7H2,1H3. The van der Waals surface area contributed by atoms with E-state index in [-0.39, 0.29) is 16.7 Å². The molecule has 1 aromatic carbocycles. The summed E-state index contributed by atoms with van der Waals surface area (Å²) >= 11 is 4.99. The van der Waals surface area contributed by atoms with Crippen LogP contribution in [-0.2, 0) is 6.54 Å². The summed E-state index contributed by atoms with van der Waals surface area (Å²) in [7, 11) is 0. The minimum Gasteiger partial charge on any atom is -0.306 e. The molecule has 1 unspecified atom stereocenters. The molecule has 1 N–H and O–H groups in total. The quantitative estimate of drug-likeness (QED) is 0.653. The third-order valence-corrected chi connectivity index (χ3v) is 4.07. The van der Waals surface area contributed by atoms with Gasteiger partial charge in [0.25, 0.3) is 5.69 Å². The number of nitrogens with zero attached hydrogens (tertiary/aromatic N) is 1. The molecule has 6 heteroatoms. The monoisotopic (exact) mass is 340 g/mol. The number of rotatable bonds is 5.